The van der Waals surface area contributed by atoms with Crippen LogP contribution in [0.5, 0.6) is 0 Å². The minimum Gasteiger partial charge on any atom is -0.468 e. The molecule has 0 unspecified atom stereocenters. The van der Waals surface area contributed by atoms with Gasteiger partial charge in [0.2, 0.25) is 0 Å². The summed E-state index contributed by atoms with van der Waals surface area (Å²) in [5, 5.41) is 0. The first-order chi connectivity index (χ1) is 10.9. The molecule has 2 rings (SSSR count). The average molecular weight is 320 g/mol. The Morgan fingerprint density at radius 2 is 1.78 bits per heavy atom. The normalized spacial score (nSPS) is 19.4. The lowest BCUT2D eigenvalue weighted by Crippen LogP contribution is -2.44. The van der Waals surface area contributed by atoms with Gasteiger partial charge in [-0.2, -0.15) is 0 Å². The first kappa shape index (κ1) is 16.9. The maximum absolute atomic E-state index is 14.3. The second kappa shape index (κ2) is 6.32. The van der Waals surface area contributed by atoms with Crippen LogP contribution in [0, 0.1) is 11.2 Å². The van der Waals surface area contributed by atoms with Crippen molar-refractivity contribution in [2.45, 2.75) is 19.3 Å². The molecule has 0 heterocycles. The third-order valence-corrected chi connectivity index (χ3v) is 4.28. The molecule has 0 radical (unpaired) electrons. The van der Waals surface area contributed by atoms with Gasteiger partial charge in [0.1, 0.15) is 12.1 Å². The molecule has 122 valence electrons. The zero-order valence-electron chi connectivity index (χ0n) is 13.1. The molecule has 0 spiro atoms. The number of allylic oxidation sites excluding steroid dienone is 2. The summed E-state index contributed by atoms with van der Waals surface area (Å²) < 4.78 is 23.9. The van der Waals surface area contributed by atoms with E-state index in [-0.39, 0.29) is 17.6 Å². The smallest absolute Gasteiger partial charge is 0.324 e. The molecule has 1 atom stereocenters. The Kier molecular flexibility index (Phi) is 4.63. The summed E-state index contributed by atoms with van der Waals surface area (Å²) in [4.78, 5) is 36.4. The number of esters is 2. The van der Waals surface area contributed by atoms with Gasteiger partial charge in [-0.3, -0.25) is 14.4 Å². The number of ether oxygens (including phenoxy) is 2. The first-order valence-corrected chi connectivity index (χ1v) is 7.00. The molecule has 0 saturated carbocycles. The summed E-state index contributed by atoms with van der Waals surface area (Å²) in [5.74, 6) is -3.40. The van der Waals surface area contributed by atoms with Crippen LogP contribution in [-0.2, 0) is 23.9 Å². The predicted molar refractivity (Wildman–Crippen MR) is 79.0 cm³/mol. The van der Waals surface area contributed by atoms with Gasteiger partial charge >= 0.3 is 11.9 Å². The number of rotatable bonds is 4. The molecule has 6 heteroatoms. The third kappa shape index (κ3) is 2.44. The van der Waals surface area contributed by atoms with Crippen molar-refractivity contribution in [2.24, 2.45) is 5.41 Å². The number of carbonyl (C=O) groups excluding carboxylic acids is 3. The lowest BCUT2D eigenvalue weighted by molar-refractivity contribution is -0.169. The molecule has 23 heavy (non-hydrogen) atoms. The predicted octanol–water partition coefficient (Wildman–Crippen LogP) is 2.16. The summed E-state index contributed by atoms with van der Waals surface area (Å²) in [7, 11) is 2.28. The van der Waals surface area contributed by atoms with E-state index in [0.29, 0.717) is 11.9 Å². The van der Waals surface area contributed by atoms with Crippen LogP contribution in [0.4, 0.5) is 4.39 Å². The van der Waals surface area contributed by atoms with Crippen LogP contribution in [0.15, 0.2) is 35.4 Å². The van der Waals surface area contributed by atoms with Crippen molar-refractivity contribution >= 4 is 18.2 Å². The van der Waals surface area contributed by atoms with E-state index in [4.69, 9.17) is 9.47 Å². The van der Waals surface area contributed by atoms with E-state index in [1.807, 2.05) is 0 Å². The van der Waals surface area contributed by atoms with E-state index >= 15 is 0 Å². The zero-order valence-corrected chi connectivity index (χ0v) is 13.1. The number of hydrogen-bond acceptors (Lipinski definition) is 5. The molecule has 0 N–H and O–H groups in total. The molecule has 1 aliphatic carbocycles. The Hall–Kier alpha value is -2.50. The maximum Gasteiger partial charge on any atom is 0.324 e. The summed E-state index contributed by atoms with van der Waals surface area (Å²) in [6, 6.07) is 5.73. The van der Waals surface area contributed by atoms with E-state index in [9.17, 15) is 18.8 Å². The van der Waals surface area contributed by atoms with Crippen LogP contribution < -0.4 is 0 Å². The van der Waals surface area contributed by atoms with Gasteiger partial charge < -0.3 is 9.47 Å². The molecule has 5 nitrogen and oxygen atoms in total. The molecule has 0 saturated heterocycles. The Morgan fingerprint density at radius 1 is 1.22 bits per heavy atom. The number of halogens is 1. The van der Waals surface area contributed by atoms with Crippen molar-refractivity contribution in [1.82, 2.24) is 0 Å². The fourth-order valence-electron chi connectivity index (χ4n) is 3.27. The number of methoxy groups -OCH3 is 2. The number of benzene rings is 1. The van der Waals surface area contributed by atoms with Crippen LogP contribution in [0.25, 0.3) is 0 Å². The van der Waals surface area contributed by atoms with Crippen molar-refractivity contribution in [1.29, 1.82) is 0 Å². The third-order valence-electron chi connectivity index (χ3n) is 4.28. The van der Waals surface area contributed by atoms with Gasteiger partial charge in [-0.15, -0.1) is 0 Å². The van der Waals surface area contributed by atoms with Crippen LogP contribution in [0.1, 0.15) is 24.8 Å². The van der Waals surface area contributed by atoms with E-state index in [1.165, 1.54) is 18.2 Å². The summed E-state index contributed by atoms with van der Waals surface area (Å²) in [6.45, 7) is 1.63. The SMILES string of the molecule is COC(=O)C1(C(=O)OC)CC(C)=C(C=O)[C@@H]1c1ccccc1F. The van der Waals surface area contributed by atoms with E-state index in [1.54, 1.807) is 13.0 Å². The van der Waals surface area contributed by atoms with E-state index in [2.05, 4.69) is 0 Å². The fraction of sp³-hybridized carbons (Fsp3) is 0.353. The fourth-order valence-corrected chi connectivity index (χ4v) is 3.27. The lowest BCUT2D eigenvalue weighted by atomic mass is 9.71. The van der Waals surface area contributed by atoms with Gasteiger partial charge in [-0.25, -0.2) is 4.39 Å². The molecule has 1 aliphatic rings. The number of carbonyl (C=O) groups is 3. The average Bonchev–Trinajstić information content (AvgIpc) is 2.87. The van der Waals surface area contributed by atoms with Crippen molar-refractivity contribution in [3.8, 4) is 0 Å². The van der Waals surface area contributed by atoms with Crippen molar-refractivity contribution < 1.29 is 28.2 Å². The van der Waals surface area contributed by atoms with Gasteiger partial charge in [0.15, 0.2) is 5.41 Å². The summed E-state index contributed by atoms with van der Waals surface area (Å²) in [6.07, 6.45) is 0.499. The molecular weight excluding hydrogens is 303 g/mol. The molecule has 0 bridgehead atoms. The topological polar surface area (TPSA) is 69.7 Å². The van der Waals surface area contributed by atoms with Crippen LogP contribution in [-0.4, -0.2) is 32.4 Å². The van der Waals surface area contributed by atoms with Crippen molar-refractivity contribution in [3.05, 3.63) is 46.8 Å². The Morgan fingerprint density at radius 3 is 2.26 bits per heavy atom. The van der Waals surface area contributed by atoms with Gasteiger partial charge in [0, 0.05) is 11.5 Å². The summed E-state index contributed by atoms with van der Waals surface area (Å²) >= 11 is 0. The molecule has 0 aromatic heterocycles. The minimum absolute atomic E-state index is 0.0561. The van der Waals surface area contributed by atoms with Gasteiger partial charge in [0.05, 0.1) is 14.2 Å². The van der Waals surface area contributed by atoms with Crippen molar-refractivity contribution in [2.75, 3.05) is 14.2 Å². The highest BCUT2D eigenvalue weighted by Crippen LogP contribution is 2.53. The number of hydrogen-bond donors (Lipinski definition) is 0. The quantitative estimate of drug-likeness (QED) is 0.483. The monoisotopic (exact) mass is 320 g/mol. The maximum atomic E-state index is 14.3. The van der Waals surface area contributed by atoms with Gasteiger partial charge in [-0.05, 0) is 25.0 Å². The highest BCUT2D eigenvalue weighted by atomic mass is 19.1. The second-order valence-electron chi connectivity index (χ2n) is 5.44. The Labute approximate surface area is 133 Å². The summed E-state index contributed by atoms with van der Waals surface area (Å²) in [5.41, 5.74) is -0.983. The molecule has 1 aromatic rings. The lowest BCUT2D eigenvalue weighted by Gasteiger charge is -2.31. The van der Waals surface area contributed by atoms with Crippen molar-refractivity contribution in [3.63, 3.8) is 0 Å². The second-order valence-corrected chi connectivity index (χ2v) is 5.44. The molecule has 0 amide bonds. The zero-order chi connectivity index (χ0) is 17.2. The highest BCUT2D eigenvalue weighted by Gasteiger charge is 2.60. The van der Waals surface area contributed by atoms with E-state index < -0.39 is 29.1 Å². The highest BCUT2D eigenvalue weighted by molar-refractivity contribution is 6.05. The molecular formula is C17H17FO5. The minimum atomic E-state index is -1.80. The van der Waals surface area contributed by atoms with Gasteiger partial charge in [0.25, 0.3) is 0 Å². The molecule has 1 aromatic carbocycles. The molecule has 0 aliphatic heterocycles. The Bertz CT molecular complexity index is 676. The van der Waals surface area contributed by atoms with Gasteiger partial charge in [-0.1, -0.05) is 23.8 Å². The number of aldehydes is 1. The Balaban J connectivity index is 2.76. The standard InChI is InChI=1S/C17H17FO5/c1-10-8-17(15(20)22-2,16(21)23-3)14(12(10)9-19)11-6-4-5-7-13(11)18/h4-7,9,14H,8H2,1-3H3/t14-/m0/s1. The van der Waals surface area contributed by atoms with E-state index in [0.717, 1.165) is 14.2 Å². The van der Waals surface area contributed by atoms with Crippen LogP contribution in [0.2, 0.25) is 0 Å². The first-order valence-electron chi connectivity index (χ1n) is 7.00. The van der Waals surface area contributed by atoms with Crippen LogP contribution >= 0.6 is 0 Å². The molecule has 0 fully saturated rings. The van der Waals surface area contributed by atoms with Crippen LogP contribution in [0.3, 0.4) is 0 Å². The largest absolute Gasteiger partial charge is 0.468 e.